The van der Waals surface area contributed by atoms with Gasteiger partial charge >= 0.3 is 0 Å². The van der Waals surface area contributed by atoms with Gasteiger partial charge in [0.05, 0.1) is 25.9 Å². The first-order valence-electron chi connectivity index (χ1n) is 5.67. The Morgan fingerprint density at radius 3 is 2.78 bits per heavy atom. The molecule has 0 radical (unpaired) electrons. The van der Waals surface area contributed by atoms with Crippen LogP contribution in [0.15, 0.2) is 6.07 Å². The number of ether oxygens (including phenoxy) is 2. The maximum absolute atomic E-state index is 13.5. The Hall–Kier alpha value is -1.47. The number of nitrogens with one attached hydrogen (secondary N) is 2. The van der Waals surface area contributed by atoms with E-state index in [1.807, 2.05) is 0 Å². The largest absolute Gasteiger partial charge is 0.376 e. The van der Waals surface area contributed by atoms with Crippen LogP contribution in [-0.4, -0.2) is 44.5 Å². The van der Waals surface area contributed by atoms with E-state index in [9.17, 15) is 8.78 Å². The minimum Gasteiger partial charge on any atom is -0.376 e. The van der Waals surface area contributed by atoms with Gasteiger partial charge < -0.3 is 20.1 Å². The van der Waals surface area contributed by atoms with Crippen molar-refractivity contribution in [3.8, 4) is 0 Å². The molecule has 1 aliphatic rings. The second-order valence-electron chi connectivity index (χ2n) is 3.85. The van der Waals surface area contributed by atoms with E-state index in [2.05, 4.69) is 15.6 Å². The number of hydrogen-bond donors (Lipinski definition) is 2. The summed E-state index contributed by atoms with van der Waals surface area (Å²) < 4.78 is 37.3. The third-order valence-corrected chi connectivity index (χ3v) is 2.55. The van der Waals surface area contributed by atoms with Crippen LogP contribution in [-0.2, 0) is 9.47 Å². The Bertz CT molecular complexity index is 412. The van der Waals surface area contributed by atoms with Gasteiger partial charge in [-0.15, -0.1) is 0 Å². The first-order valence-corrected chi connectivity index (χ1v) is 5.67. The normalized spacial score (nSPS) is 19.6. The highest BCUT2D eigenvalue weighted by Gasteiger charge is 2.16. The summed E-state index contributed by atoms with van der Waals surface area (Å²) in [6.45, 7) is 1.91. The van der Waals surface area contributed by atoms with E-state index < -0.39 is 11.6 Å². The minimum atomic E-state index is -0.733. The van der Waals surface area contributed by atoms with Gasteiger partial charge in [-0.1, -0.05) is 0 Å². The summed E-state index contributed by atoms with van der Waals surface area (Å²) in [5.41, 5.74) is 0. The summed E-state index contributed by atoms with van der Waals surface area (Å²) in [5, 5.41) is 5.34. The molecule has 1 fully saturated rings. The Balaban J connectivity index is 1.99. The van der Waals surface area contributed by atoms with Crippen LogP contribution in [0.2, 0.25) is 0 Å². The van der Waals surface area contributed by atoms with E-state index in [0.717, 1.165) is 6.07 Å². The quantitative estimate of drug-likeness (QED) is 0.851. The van der Waals surface area contributed by atoms with Crippen LogP contribution in [0.4, 0.5) is 20.4 Å². The van der Waals surface area contributed by atoms with E-state index in [4.69, 9.17) is 9.47 Å². The highest BCUT2D eigenvalue weighted by atomic mass is 19.1. The fourth-order valence-electron chi connectivity index (χ4n) is 1.63. The van der Waals surface area contributed by atoms with Crippen molar-refractivity contribution in [1.82, 2.24) is 4.98 Å². The van der Waals surface area contributed by atoms with Gasteiger partial charge in [0.2, 0.25) is 0 Å². The molecule has 1 aromatic rings. The third-order valence-electron chi connectivity index (χ3n) is 2.55. The molecule has 18 heavy (non-hydrogen) atoms. The van der Waals surface area contributed by atoms with Gasteiger partial charge in [-0.05, 0) is 0 Å². The summed E-state index contributed by atoms with van der Waals surface area (Å²) in [7, 11) is 1.52. The van der Waals surface area contributed by atoms with Crippen molar-refractivity contribution in [2.45, 2.75) is 6.10 Å². The number of aromatic nitrogens is 1. The molecule has 5 nitrogen and oxygen atoms in total. The topological polar surface area (TPSA) is 55.4 Å². The highest BCUT2D eigenvalue weighted by molar-refractivity contribution is 5.47. The summed E-state index contributed by atoms with van der Waals surface area (Å²) in [5.74, 6) is -1.46. The number of anilines is 2. The second-order valence-corrected chi connectivity index (χ2v) is 3.85. The number of pyridine rings is 1. The molecule has 1 aliphatic heterocycles. The van der Waals surface area contributed by atoms with Crippen molar-refractivity contribution in [3.63, 3.8) is 0 Å². The van der Waals surface area contributed by atoms with Crippen molar-refractivity contribution in [2.24, 2.45) is 0 Å². The molecule has 0 bridgehead atoms. The molecule has 0 aromatic carbocycles. The monoisotopic (exact) mass is 259 g/mol. The summed E-state index contributed by atoms with van der Waals surface area (Å²) in [4.78, 5) is 3.81. The van der Waals surface area contributed by atoms with E-state index in [-0.39, 0.29) is 17.7 Å². The van der Waals surface area contributed by atoms with Crippen molar-refractivity contribution in [2.75, 3.05) is 44.0 Å². The van der Waals surface area contributed by atoms with Gasteiger partial charge in [-0.25, -0.2) is 13.8 Å². The Morgan fingerprint density at radius 2 is 2.11 bits per heavy atom. The molecule has 0 amide bonds. The average molecular weight is 259 g/mol. The fourth-order valence-corrected chi connectivity index (χ4v) is 1.63. The first kappa shape index (κ1) is 13.0. The van der Waals surface area contributed by atoms with Gasteiger partial charge in [-0.2, -0.15) is 0 Å². The highest BCUT2D eigenvalue weighted by Crippen LogP contribution is 2.18. The number of nitrogens with zero attached hydrogens (tertiary/aromatic N) is 1. The molecule has 7 heteroatoms. The number of hydrogen-bond acceptors (Lipinski definition) is 5. The van der Waals surface area contributed by atoms with Crippen LogP contribution in [0.25, 0.3) is 0 Å². The maximum atomic E-state index is 13.5. The van der Waals surface area contributed by atoms with E-state index in [1.54, 1.807) is 0 Å². The van der Waals surface area contributed by atoms with E-state index in [0.29, 0.717) is 26.4 Å². The zero-order chi connectivity index (χ0) is 13.0. The molecule has 0 aliphatic carbocycles. The summed E-state index contributed by atoms with van der Waals surface area (Å²) in [6.07, 6.45) is -0.150. The lowest BCUT2D eigenvalue weighted by atomic mass is 10.3. The van der Waals surface area contributed by atoms with Gasteiger partial charge in [-0.3, -0.25) is 0 Å². The lowest BCUT2D eigenvalue weighted by Crippen LogP contribution is -2.34. The Kier molecular flexibility index (Phi) is 4.27. The zero-order valence-electron chi connectivity index (χ0n) is 10.0. The number of rotatable bonds is 4. The average Bonchev–Trinajstić information content (AvgIpc) is 2.39. The lowest BCUT2D eigenvalue weighted by Gasteiger charge is -2.23. The van der Waals surface area contributed by atoms with Crippen LogP contribution in [0.3, 0.4) is 0 Å². The maximum Gasteiger partial charge on any atom is 0.168 e. The summed E-state index contributed by atoms with van der Waals surface area (Å²) in [6, 6.07) is 0.791. The molecule has 2 N–H and O–H groups in total. The van der Waals surface area contributed by atoms with Crippen molar-refractivity contribution >= 4 is 11.6 Å². The van der Waals surface area contributed by atoms with Crippen LogP contribution >= 0.6 is 0 Å². The van der Waals surface area contributed by atoms with Gasteiger partial charge in [0.25, 0.3) is 0 Å². The smallest absolute Gasteiger partial charge is 0.168 e. The zero-order valence-corrected chi connectivity index (χ0v) is 10.0. The standard InChI is InChI=1S/C11H15F2N3O2/c1-14-10-8(12)4-9(13)11(16-10)15-5-7-6-17-2-3-18-7/h4,7H,2-3,5-6H2,1H3,(H2,14,15,16). The van der Waals surface area contributed by atoms with E-state index >= 15 is 0 Å². The molecular formula is C11H15F2N3O2. The molecule has 0 spiro atoms. The molecule has 2 rings (SSSR count). The second kappa shape index (κ2) is 5.92. The molecule has 100 valence electrons. The molecular weight excluding hydrogens is 244 g/mol. The van der Waals surface area contributed by atoms with Crippen LogP contribution in [0.1, 0.15) is 0 Å². The molecule has 1 saturated heterocycles. The van der Waals surface area contributed by atoms with Crippen molar-refractivity contribution < 1.29 is 18.3 Å². The van der Waals surface area contributed by atoms with Crippen LogP contribution < -0.4 is 10.6 Å². The van der Waals surface area contributed by atoms with Crippen LogP contribution in [0.5, 0.6) is 0 Å². The Labute approximate surface area is 103 Å². The lowest BCUT2D eigenvalue weighted by molar-refractivity contribution is -0.0819. The van der Waals surface area contributed by atoms with Gasteiger partial charge in [0.1, 0.15) is 0 Å². The summed E-state index contributed by atoms with van der Waals surface area (Å²) >= 11 is 0. The van der Waals surface area contributed by atoms with Crippen molar-refractivity contribution in [1.29, 1.82) is 0 Å². The SMILES string of the molecule is CNc1nc(NCC2COCCO2)c(F)cc1F. The third kappa shape index (κ3) is 3.05. The molecule has 2 heterocycles. The fraction of sp³-hybridized carbons (Fsp3) is 0.545. The molecule has 1 atom stereocenters. The van der Waals surface area contributed by atoms with Crippen molar-refractivity contribution in [3.05, 3.63) is 17.7 Å². The number of halogens is 2. The first-order chi connectivity index (χ1) is 8.70. The van der Waals surface area contributed by atoms with E-state index in [1.165, 1.54) is 7.05 Å². The molecule has 1 aromatic heterocycles. The minimum absolute atomic E-state index is 0.000266. The van der Waals surface area contributed by atoms with Gasteiger partial charge in [0, 0.05) is 19.7 Å². The Morgan fingerprint density at radius 1 is 1.33 bits per heavy atom. The predicted molar refractivity (Wildman–Crippen MR) is 62.7 cm³/mol. The molecule has 1 unspecified atom stereocenters. The van der Waals surface area contributed by atoms with Crippen LogP contribution in [0, 0.1) is 11.6 Å². The predicted octanol–water partition coefficient (Wildman–Crippen LogP) is 1.23. The molecule has 0 saturated carbocycles. The van der Waals surface area contributed by atoms with Gasteiger partial charge in [0.15, 0.2) is 23.3 Å².